The Labute approximate surface area is 110 Å². The summed E-state index contributed by atoms with van der Waals surface area (Å²) in [4.78, 5) is 46.0. The molecule has 7 nitrogen and oxygen atoms in total. The number of carbonyl (C=O) groups is 4. The molecule has 1 heterocycles. The molecule has 0 radical (unpaired) electrons. The zero-order valence-corrected chi connectivity index (χ0v) is 11.1. The average Bonchev–Trinajstić information content (AvgIpc) is 2.57. The lowest BCUT2D eigenvalue weighted by molar-refractivity contribution is -0.147. The van der Waals surface area contributed by atoms with Crippen LogP contribution in [0.25, 0.3) is 0 Å². The third-order valence-corrected chi connectivity index (χ3v) is 3.45. The van der Waals surface area contributed by atoms with Gasteiger partial charge in [0.15, 0.2) is 0 Å². The first-order valence-electron chi connectivity index (χ1n) is 5.84. The summed E-state index contributed by atoms with van der Waals surface area (Å²) in [6.45, 7) is 1.52. The minimum absolute atomic E-state index is 0.0125. The van der Waals surface area contributed by atoms with E-state index in [0.717, 1.165) is 0 Å². The van der Waals surface area contributed by atoms with E-state index < -0.39 is 35.1 Å². The quantitative estimate of drug-likeness (QED) is 0.548. The van der Waals surface area contributed by atoms with Crippen molar-refractivity contribution in [3.63, 3.8) is 0 Å². The van der Waals surface area contributed by atoms with Crippen molar-refractivity contribution in [2.24, 2.45) is 11.3 Å². The highest BCUT2D eigenvalue weighted by Crippen LogP contribution is 2.39. The molecule has 0 saturated carbocycles. The van der Waals surface area contributed by atoms with E-state index in [-0.39, 0.29) is 19.3 Å². The summed E-state index contributed by atoms with van der Waals surface area (Å²) in [5.74, 6) is -2.76. The lowest BCUT2D eigenvalue weighted by Gasteiger charge is -2.25. The number of ether oxygens (including phenoxy) is 2. The Morgan fingerprint density at radius 1 is 1.21 bits per heavy atom. The van der Waals surface area contributed by atoms with E-state index in [4.69, 9.17) is 0 Å². The molecule has 0 unspecified atom stereocenters. The van der Waals surface area contributed by atoms with Gasteiger partial charge in [0.1, 0.15) is 0 Å². The van der Waals surface area contributed by atoms with Crippen molar-refractivity contribution in [2.45, 2.75) is 26.2 Å². The van der Waals surface area contributed by atoms with Crippen molar-refractivity contribution in [3.8, 4) is 0 Å². The second-order valence-electron chi connectivity index (χ2n) is 4.66. The van der Waals surface area contributed by atoms with Gasteiger partial charge in [0.25, 0.3) is 0 Å². The number of esters is 2. The summed E-state index contributed by atoms with van der Waals surface area (Å²) in [5, 5.41) is 2.19. The summed E-state index contributed by atoms with van der Waals surface area (Å²) in [6.07, 6.45) is -0.0384. The van der Waals surface area contributed by atoms with Gasteiger partial charge in [0.2, 0.25) is 11.8 Å². The van der Waals surface area contributed by atoms with Crippen LogP contribution in [0.5, 0.6) is 0 Å². The molecule has 1 N–H and O–H groups in total. The van der Waals surface area contributed by atoms with Crippen LogP contribution in [0.1, 0.15) is 26.2 Å². The zero-order valence-electron chi connectivity index (χ0n) is 11.1. The van der Waals surface area contributed by atoms with Crippen LogP contribution in [-0.2, 0) is 28.7 Å². The van der Waals surface area contributed by atoms with Gasteiger partial charge in [0.05, 0.1) is 32.0 Å². The third kappa shape index (κ3) is 3.10. The Morgan fingerprint density at radius 2 is 1.79 bits per heavy atom. The van der Waals surface area contributed by atoms with Crippen LogP contribution in [0.15, 0.2) is 0 Å². The van der Waals surface area contributed by atoms with Crippen LogP contribution in [-0.4, -0.2) is 38.0 Å². The van der Waals surface area contributed by atoms with Crippen LogP contribution in [0.2, 0.25) is 0 Å². The van der Waals surface area contributed by atoms with Crippen molar-refractivity contribution < 1.29 is 28.7 Å². The summed E-state index contributed by atoms with van der Waals surface area (Å²) < 4.78 is 9.03. The van der Waals surface area contributed by atoms with E-state index in [9.17, 15) is 19.2 Å². The van der Waals surface area contributed by atoms with Crippen molar-refractivity contribution in [3.05, 3.63) is 0 Å². The van der Waals surface area contributed by atoms with Crippen molar-refractivity contribution in [1.82, 2.24) is 5.32 Å². The largest absolute Gasteiger partial charge is 0.469 e. The first-order valence-corrected chi connectivity index (χ1v) is 5.84. The number of hydrogen-bond donors (Lipinski definition) is 1. The van der Waals surface area contributed by atoms with Gasteiger partial charge in [-0.05, 0) is 13.3 Å². The third-order valence-electron chi connectivity index (χ3n) is 3.45. The molecule has 1 rings (SSSR count). The maximum absolute atomic E-state index is 11.8. The Kier molecular flexibility index (Phi) is 4.63. The van der Waals surface area contributed by atoms with Gasteiger partial charge in [-0.3, -0.25) is 24.5 Å². The monoisotopic (exact) mass is 271 g/mol. The predicted molar refractivity (Wildman–Crippen MR) is 62.6 cm³/mol. The van der Waals surface area contributed by atoms with E-state index in [0.29, 0.717) is 0 Å². The van der Waals surface area contributed by atoms with E-state index >= 15 is 0 Å². The topological polar surface area (TPSA) is 98.8 Å². The Balaban J connectivity index is 2.84. The molecule has 1 saturated heterocycles. The van der Waals surface area contributed by atoms with Crippen LogP contribution in [0, 0.1) is 11.3 Å². The van der Waals surface area contributed by atoms with Gasteiger partial charge in [-0.15, -0.1) is 0 Å². The number of rotatable bonds is 5. The maximum Gasteiger partial charge on any atom is 0.306 e. The molecular formula is C12H17NO6. The van der Waals surface area contributed by atoms with Crippen molar-refractivity contribution >= 4 is 23.8 Å². The molecule has 1 aliphatic heterocycles. The molecule has 1 fully saturated rings. The number of hydrogen-bond acceptors (Lipinski definition) is 6. The fourth-order valence-electron chi connectivity index (χ4n) is 2.18. The molecule has 2 amide bonds. The molecular weight excluding hydrogens is 254 g/mol. The molecule has 19 heavy (non-hydrogen) atoms. The van der Waals surface area contributed by atoms with E-state index in [1.54, 1.807) is 0 Å². The van der Waals surface area contributed by atoms with Gasteiger partial charge in [0, 0.05) is 6.42 Å². The van der Waals surface area contributed by atoms with E-state index in [2.05, 4.69) is 14.8 Å². The van der Waals surface area contributed by atoms with Gasteiger partial charge < -0.3 is 9.47 Å². The summed E-state index contributed by atoms with van der Waals surface area (Å²) >= 11 is 0. The number of nitrogens with one attached hydrogen (secondary N) is 1. The lowest BCUT2D eigenvalue weighted by Crippen LogP contribution is -2.35. The number of imide groups is 1. The predicted octanol–water partition coefficient (Wildman–Crippen LogP) is -0.218. The first kappa shape index (κ1) is 15.1. The van der Waals surface area contributed by atoms with Crippen LogP contribution in [0.4, 0.5) is 0 Å². The summed E-state index contributed by atoms with van der Waals surface area (Å²) in [6, 6.07) is 0. The van der Waals surface area contributed by atoms with Crippen molar-refractivity contribution in [1.29, 1.82) is 0 Å². The highest BCUT2D eigenvalue weighted by Gasteiger charge is 2.52. The minimum Gasteiger partial charge on any atom is -0.469 e. The molecule has 0 bridgehead atoms. The standard InChI is InChI=1S/C12H17NO6/c1-12(6-9(15)19-3)7(4-5-8(14)18-2)10(16)13-11(12)17/h7H,4-6H2,1-3H3,(H,13,16,17)/t7-,12-/m1/s1. The number of amides is 2. The molecule has 0 aromatic rings. The Morgan fingerprint density at radius 3 is 2.32 bits per heavy atom. The SMILES string of the molecule is COC(=O)CC[C@@H]1C(=O)NC(=O)[C@]1(C)CC(=O)OC. The lowest BCUT2D eigenvalue weighted by atomic mass is 9.74. The number of carbonyl (C=O) groups excluding carboxylic acids is 4. The Hall–Kier alpha value is -1.92. The molecule has 0 aliphatic carbocycles. The second kappa shape index (κ2) is 5.81. The first-order chi connectivity index (χ1) is 8.85. The smallest absolute Gasteiger partial charge is 0.306 e. The highest BCUT2D eigenvalue weighted by molar-refractivity contribution is 6.08. The van der Waals surface area contributed by atoms with Gasteiger partial charge in [-0.1, -0.05) is 0 Å². The average molecular weight is 271 g/mol. The molecule has 2 atom stereocenters. The Bertz CT molecular complexity index is 418. The van der Waals surface area contributed by atoms with Gasteiger partial charge in [-0.2, -0.15) is 0 Å². The normalized spacial score (nSPS) is 25.9. The zero-order chi connectivity index (χ0) is 14.6. The summed E-state index contributed by atoms with van der Waals surface area (Å²) in [7, 11) is 2.46. The maximum atomic E-state index is 11.8. The second-order valence-corrected chi connectivity index (χ2v) is 4.66. The van der Waals surface area contributed by atoms with Crippen LogP contribution in [0.3, 0.4) is 0 Å². The highest BCUT2D eigenvalue weighted by atomic mass is 16.5. The van der Waals surface area contributed by atoms with E-state index in [1.165, 1.54) is 21.1 Å². The molecule has 0 aromatic heterocycles. The van der Waals surface area contributed by atoms with Crippen LogP contribution >= 0.6 is 0 Å². The number of methoxy groups -OCH3 is 2. The van der Waals surface area contributed by atoms with Crippen molar-refractivity contribution in [2.75, 3.05) is 14.2 Å². The molecule has 7 heteroatoms. The summed E-state index contributed by atoms with van der Waals surface area (Å²) in [5.41, 5.74) is -1.18. The van der Waals surface area contributed by atoms with E-state index in [1.807, 2.05) is 0 Å². The molecule has 1 aliphatic rings. The van der Waals surface area contributed by atoms with Crippen LogP contribution < -0.4 is 5.32 Å². The molecule has 0 spiro atoms. The fourth-order valence-corrected chi connectivity index (χ4v) is 2.18. The molecule has 106 valence electrons. The van der Waals surface area contributed by atoms with Gasteiger partial charge in [-0.25, -0.2) is 0 Å². The molecule has 0 aromatic carbocycles. The fraction of sp³-hybridized carbons (Fsp3) is 0.667. The minimum atomic E-state index is -1.18. The van der Waals surface area contributed by atoms with Gasteiger partial charge >= 0.3 is 11.9 Å².